The fraction of sp³-hybridized carbons (Fsp3) is 0.125. The van der Waals surface area contributed by atoms with Gasteiger partial charge in [0.1, 0.15) is 5.82 Å². The Bertz CT molecular complexity index is 745. The van der Waals surface area contributed by atoms with Crippen molar-refractivity contribution >= 4 is 11.6 Å². The molecule has 2 aromatic carbocycles. The Morgan fingerprint density at radius 2 is 1.75 bits per heavy atom. The van der Waals surface area contributed by atoms with Crippen molar-refractivity contribution in [3.63, 3.8) is 0 Å². The third kappa shape index (κ3) is 2.45. The summed E-state index contributed by atoms with van der Waals surface area (Å²) in [6.07, 6.45) is 0. The third-order valence-electron chi connectivity index (χ3n) is 3.14. The molecule has 0 fully saturated rings. The highest BCUT2D eigenvalue weighted by Crippen LogP contribution is 2.28. The van der Waals surface area contributed by atoms with E-state index >= 15 is 0 Å². The third-order valence-corrected chi connectivity index (χ3v) is 3.39. The number of aryl methyl sites for hydroxylation is 2. The van der Waals surface area contributed by atoms with Crippen molar-refractivity contribution in [3.8, 4) is 22.5 Å². The van der Waals surface area contributed by atoms with Gasteiger partial charge in [-0.3, -0.25) is 0 Å². The van der Waals surface area contributed by atoms with Crippen LogP contribution in [-0.2, 0) is 0 Å². The van der Waals surface area contributed by atoms with Crippen LogP contribution in [0.3, 0.4) is 0 Å². The average Bonchev–Trinajstić information content (AvgIpc) is 2.87. The van der Waals surface area contributed by atoms with Gasteiger partial charge in [-0.15, -0.1) is 10.2 Å². The van der Waals surface area contributed by atoms with Gasteiger partial charge >= 0.3 is 0 Å². The predicted molar refractivity (Wildman–Crippen MR) is 80.6 cm³/mol. The number of benzene rings is 2. The monoisotopic (exact) mass is 282 g/mol. The summed E-state index contributed by atoms with van der Waals surface area (Å²) in [5, 5.41) is 8.82. The van der Waals surface area contributed by atoms with Crippen LogP contribution in [0.1, 0.15) is 11.4 Å². The largest absolute Gasteiger partial charge is 0.325 e. The van der Waals surface area contributed by atoms with Crippen molar-refractivity contribution < 1.29 is 0 Å². The quantitative estimate of drug-likeness (QED) is 0.765. The lowest BCUT2D eigenvalue weighted by molar-refractivity contribution is 1.04. The van der Waals surface area contributed by atoms with E-state index < -0.39 is 0 Å². The van der Waals surface area contributed by atoms with Crippen LogP contribution < -0.4 is 0 Å². The minimum Gasteiger partial charge on any atom is -0.325 e. The van der Waals surface area contributed by atoms with E-state index in [1.54, 1.807) is 0 Å². The van der Waals surface area contributed by atoms with Crippen LogP contribution >= 0.6 is 11.6 Å². The van der Waals surface area contributed by atoms with Gasteiger partial charge in [0.2, 0.25) is 0 Å². The molecule has 3 aromatic rings. The van der Waals surface area contributed by atoms with Gasteiger partial charge in [-0.05, 0) is 42.7 Å². The zero-order valence-electron chi connectivity index (χ0n) is 11.2. The number of hydrogen-bond donors (Lipinski definition) is 1. The predicted octanol–water partition coefficient (Wildman–Crippen LogP) is 4.21. The van der Waals surface area contributed by atoms with E-state index in [0.717, 1.165) is 38.9 Å². The van der Waals surface area contributed by atoms with Crippen LogP contribution in [0.4, 0.5) is 0 Å². The smallest absolute Gasteiger partial charge is 0.161 e. The zero-order chi connectivity index (χ0) is 14.1. The van der Waals surface area contributed by atoms with Crippen molar-refractivity contribution in [3.05, 3.63) is 58.9 Å². The lowest BCUT2D eigenvalue weighted by Gasteiger charge is -2.07. The maximum Gasteiger partial charge on any atom is 0.161 e. The maximum atomic E-state index is 5.94. The van der Waals surface area contributed by atoms with Crippen molar-refractivity contribution in [2.24, 2.45) is 0 Å². The van der Waals surface area contributed by atoms with Crippen LogP contribution in [0, 0.1) is 19.9 Å². The number of hydrogen-bond acceptors (Lipinski definition) is 2. The molecule has 1 aromatic heterocycles. The highest BCUT2D eigenvalue weighted by Gasteiger charge is 2.08. The van der Waals surface area contributed by atoms with Crippen molar-refractivity contribution in [2.45, 2.75) is 13.8 Å². The Morgan fingerprint density at radius 1 is 1.00 bits per heavy atom. The number of nitrogens with zero attached hydrogens (tertiary/aromatic N) is 2. The van der Waals surface area contributed by atoms with Gasteiger partial charge in [0.15, 0.2) is 5.82 Å². The zero-order valence-corrected chi connectivity index (χ0v) is 12.0. The molecule has 0 spiro atoms. The van der Waals surface area contributed by atoms with E-state index in [1.807, 2.05) is 37.3 Å². The van der Waals surface area contributed by atoms with E-state index in [4.69, 9.17) is 11.6 Å². The molecule has 4 heteroatoms. The van der Waals surface area contributed by atoms with Crippen molar-refractivity contribution in [2.75, 3.05) is 0 Å². The lowest BCUT2D eigenvalue weighted by Crippen LogP contribution is -1.88. The van der Waals surface area contributed by atoms with Crippen LogP contribution in [0.25, 0.3) is 22.5 Å². The number of aromatic nitrogens is 3. The summed E-state index contributed by atoms with van der Waals surface area (Å²) in [5.74, 6) is 1.53. The first-order chi connectivity index (χ1) is 9.63. The van der Waals surface area contributed by atoms with Gasteiger partial charge in [-0.2, -0.15) is 0 Å². The molecule has 1 heterocycles. The van der Waals surface area contributed by atoms with Crippen LogP contribution in [0.5, 0.6) is 0 Å². The molecule has 3 nitrogen and oxygen atoms in total. The average molecular weight is 283 g/mol. The van der Waals surface area contributed by atoms with Gasteiger partial charge in [0.25, 0.3) is 0 Å². The van der Waals surface area contributed by atoms with E-state index in [-0.39, 0.29) is 0 Å². The van der Waals surface area contributed by atoms with Crippen LogP contribution in [0.2, 0.25) is 5.02 Å². The van der Waals surface area contributed by atoms with Gasteiger partial charge < -0.3 is 4.98 Å². The van der Waals surface area contributed by atoms with Gasteiger partial charge in [0.05, 0.1) is 0 Å². The summed E-state index contributed by atoms with van der Waals surface area (Å²) in [6.45, 7) is 3.95. The fourth-order valence-corrected chi connectivity index (χ4v) is 2.21. The maximum absolute atomic E-state index is 5.94. The molecule has 0 amide bonds. The summed E-state index contributed by atoms with van der Waals surface area (Å²) in [6, 6.07) is 15.2. The lowest BCUT2D eigenvalue weighted by atomic mass is 9.98. The van der Waals surface area contributed by atoms with E-state index in [2.05, 4.69) is 34.2 Å². The number of aromatic amines is 1. The minimum atomic E-state index is 0.730. The standard InChI is InChI=1S/C16H13ClN3/c1-10-3-4-13(16-18-11(2)19-20-16)9-15(10)12-5-7-14(17)8-6-12/h3-8H,1-2H3,(H,18,19,20). The molecular formula is C16H13ClN3. The second kappa shape index (κ2) is 5.10. The van der Waals surface area contributed by atoms with E-state index in [9.17, 15) is 0 Å². The molecule has 0 atom stereocenters. The van der Waals surface area contributed by atoms with Crippen LogP contribution in [0.15, 0.2) is 36.4 Å². The summed E-state index contributed by atoms with van der Waals surface area (Å²) < 4.78 is 0. The Labute approximate surface area is 122 Å². The number of nitrogens with one attached hydrogen (secondary N) is 1. The normalized spacial score (nSPS) is 10.8. The summed E-state index contributed by atoms with van der Waals surface area (Å²) in [5.41, 5.74) is 4.20. The SMILES string of the molecule is Cc1nnc(-c2[c]c(-c3ccc(Cl)cc3)c(C)cc2)[nH]1. The highest BCUT2D eigenvalue weighted by atomic mass is 35.5. The summed E-state index contributed by atoms with van der Waals surface area (Å²) >= 11 is 5.94. The highest BCUT2D eigenvalue weighted by molar-refractivity contribution is 6.30. The molecule has 0 bridgehead atoms. The van der Waals surface area contributed by atoms with Crippen molar-refractivity contribution in [1.29, 1.82) is 0 Å². The molecule has 1 N–H and O–H groups in total. The first kappa shape index (κ1) is 12.9. The Kier molecular flexibility index (Phi) is 3.28. The molecule has 0 saturated heterocycles. The minimum absolute atomic E-state index is 0.730. The topological polar surface area (TPSA) is 41.6 Å². The Morgan fingerprint density at radius 3 is 2.40 bits per heavy atom. The molecule has 0 unspecified atom stereocenters. The van der Waals surface area contributed by atoms with Gasteiger partial charge in [-0.1, -0.05) is 35.9 Å². The first-order valence-corrected chi connectivity index (χ1v) is 6.70. The van der Waals surface area contributed by atoms with E-state index in [1.165, 1.54) is 0 Å². The number of rotatable bonds is 2. The molecular weight excluding hydrogens is 270 g/mol. The van der Waals surface area contributed by atoms with Gasteiger partial charge in [-0.25, -0.2) is 0 Å². The summed E-state index contributed by atoms with van der Waals surface area (Å²) in [4.78, 5) is 3.12. The van der Waals surface area contributed by atoms with E-state index in [0.29, 0.717) is 0 Å². The Balaban J connectivity index is 2.09. The molecule has 1 radical (unpaired) electrons. The number of H-pyrrole nitrogens is 1. The first-order valence-electron chi connectivity index (χ1n) is 6.32. The molecule has 0 aliphatic rings. The van der Waals surface area contributed by atoms with Crippen molar-refractivity contribution in [1.82, 2.24) is 15.2 Å². The number of halogens is 1. The van der Waals surface area contributed by atoms with Crippen LogP contribution in [-0.4, -0.2) is 15.2 Å². The fourth-order valence-electron chi connectivity index (χ4n) is 2.09. The second-order valence-electron chi connectivity index (χ2n) is 4.70. The van der Waals surface area contributed by atoms with Gasteiger partial charge in [0, 0.05) is 16.7 Å². The molecule has 0 aliphatic carbocycles. The second-order valence-corrected chi connectivity index (χ2v) is 5.13. The molecule has 20 heavy (non-hydrogen) atoms. The molecule has 3 rings (SSSR count). The summed E-state index contributed by atoms with van der Waals surface area (Å²) in [7, 11) is 0. The molecule has 0 saturated carbocycles. The molecule has 99 valence electrons. The Hall–Kier alpha value is -2.13. The molecule has 0 aliphatic heterocycles.